The minimum Gasteiger partial charge on any atom is -0.462 e. The number of hydrogen-bond acceptors (Lipinski definition) is 4. The van der Waals surface area contributed by atoms with Crippen LogP contribution in [0.4, 0.5) is 5.69 Å². The first-order chi connectivity index (χ1) is 6.79. The molecule has 0 saturated heterocycles. The van der Waals surface area contributed by atoms with Crippen LogP contribution < -0.4 is 5.43 Å². The second-order valence-corrected chi connectivity index (χ2v) is 2.54. The van der Waals surface area contributed by atoms with Crippen LogP contribution in [0, 0.1) is 0 Å². The van der Waals surface area contributed by atoms with Crippen LogP contribution in [-0.2, 0) is 4.74 Å². The molecule has 1 rings (SSSR count). The van der Waals surface area contributed by atoms with Gasteiger partial charge >= 0.3 is 5.97 Å². The monoisotopic (exact) mass is 192 g/mol. The van der Waals surface area contributed by atoms with E-state index in [-0.39, 0.29) is 5.97 Å². The summed E-state index contributed by atoms with van der Waals surface area (Å²) in [6.07, 6.45) is 0. The van der Waals surface area contributed by atoms with Gasteiger partial charge in [0.2, 0.25) is 0 Å². The van der Waals surface area contributed by atoms with Crippen molar-refractivity contribution in [2.75, 3.05) is 12.0 Å². The van der Waals surface area contributed by atoms with Crippen LogP contribution in [0.5, 0.6) is 0 Å². The minimum absolute atomic E-state index is 0.356. The maximum absolute atomic E-state index is 11.4. The molecule has 1 aromatic rings. The highest BCUT2D eigenvalue weighted by molar-refractivity contribution is 5.95. The summed E-state index contributed by atoms with van der Waals surface area (Å²) in [5, 5.41) is 3.50. The third-order valence-electron chi connectivity index (χ3n) is 1.62. The van der Waals surface area contributed by atoms with Gasteiger partial charge in [0.15, 0.2) is 0 Å². The molecule has 0 fully saturated rings. The van der Waals surface area contributed by atoms with E-state index in [1.807, 2.05) is 0 Å². The maximum Gasteiger partial charge on any atom is 0.340 e. The molecule has 74 valence electrons. The molecule has 4 heteroatoms. The number of carbonyl (C=O) groups is 1. The molecule has 0 saturated carbocycles. The number of para-hydroxylation sites is 1. The summed E-state index contributed by atoms with van der Waals surface area (Å²) in [5.41, 5.74) is 3.69. The zero-order valence-electron chi connectivity index (χ0n) is 7.99. The van der Waals surface area contributed by atoms with Gasteiger partial charge in [-0.05, 0) is 19.1 Å². The molecule has 0 aliphatic carbocycles. The first-order valence-electron chi connectivity index (χ1n) is 4.27. The van der Waals surface area contributed by atoms with Crippen molar-refractivity contribution in [3.8, 4) is 0 Å². The van der Waals surface area contributed by atoms with Crippen LogP contribution in [0.1, 0.15) is 17.3 Å². The molecular weight excluding hydrogens is 180 g/mol. The summed E-state index contributed by atoms with van der Waals surface area (Å²) in [5.74, 6) is -0.362. The number of benzene rings is 1. The Labute approximate surface area is 82.6 Å². The normalized spacial score (nSPS) is 9.21. The number of rotatable bonds is 4. The number of hydrogen-bond donors (Lipinski definition) is 1. The van der Waals surface area contributed by atoms with Gasteiger partial charge < -0.3 is 4.74 Å². The van der Waals surface area contributed by atoms with Crippen LogP contribution in [0.3, 0.4) is 0 Å². The molecule has 0 amide bonds. The van der Waals surface area contributed by atoms with E-state index in [9.17, 15) is 4.79 Å². The van der Waals surface area contributed by atoms with Crippen molar-refractivity contribution in [2.45, 2.75) is 6.92 Å². The third-order valence-corrected chi connectivity index (χ3v) is 1.62. The lowest BCUT2D eigenvalue weighted by atomic mass is 10.2. The second kappa shape index (κ2) is 5.01. The lowest BCUT2D eigenvalue weighted by Crippen LogP contribution is -2.07. The van der Waals surface area contributed by atoms with Gasteiger partial charge in [0.1, 0.15) is 0 Å². The van der Waals surface area contributed by atoms with E-state index >= 15 is 0 Å². The fraction of sp³-hybridized carbons (Fsp3) is 0.200. The molecule has 1 aromatic carbocycles. The number of anilines is 1. The lowest BCUT2D eigenvalue weighted by Gasteiger charge is -2.06. The zero-order chi connectivity index (χ0) is 10.4. The highest BCUT2D eigenvalue weighted by atomic mass is 16.5. The van der Waals surface area contributed by atoms with Crippen molar-refractivity contribution >= 4 is 18.4 Å². The third kappa shape index (κ3) is 2.32. The molecule has 14 heavy (non-hydrogen) atoms. The number of carbonyl (C=O) groups excluding carboxylic acids is 1. The summed E-state index contributed by atoms with van der Waals surface area (Å²) in [7, 11) is 0. The van der Waals surface area contributed by atoms with Gasteiger partial charge in [-0.15, -0.1) is 0 Å². The molecule has 0 bridgehead atoms. The second-order valence-electron chi connectivity index (χ2n) is 2.54. The first-order valence-corrected chi connectivity index (χ1v) is 4.27. The smallest absolute Gasteiger partial charge is 0.340 e. The Morgan fingerprint density at radius 3 is 2.93 bits per heavy atom. The van der Waals surface area contributed by atoms with Gasteiger partial charge in [0, 0.05) is 6.72 Å². The lowest BCUT2D eigenvalue weighted by molar-refractivity contribution is 0.0527. The van der Waals surface area contributed by atoms with Crippen molar-refractivity contribution in [1.29, 1.82) is 0 Å². The number of esters is 1. The predicted octanol–water partition coefficient (Wildman–Crippen LogP) is 1.89. The molecule has 0 radical (unpaired) electrons. The first kappa shape index (κ1) is 10.2. The fourth-order valence-corrected chi connectivity index (χ4v) is 1.05. The van der Waals surface area contributed by atoms with Crippen LogP contribution in [0.2, 0.25) is 0 Å². The molecular formula is C10H12N2O2. The number of nitrogens with one attached hydrogen (secondary N) is 1. The molecule has 0 spiro atoms. The van der Waals surface area contributed by atoms with Crippen LogP contribution in [-0.4, -0.2) is 19.3 Å². The Balaban J connectivity index is 2.93. The summed E-state index contributed by atoms with van der Waals surface area (Å²) in [4.78, 5) is 11.4. The minimum atomic E-state index is -0.362. The Bertz CT molecular complexity index is 337. The molecule has 0 aromatic heterocycles. The molecule has 0 aliphatic rings. The average molecular weight is 192 g/mol. The predicted molar refractivity (Wildman–Crippen MR) is 55.6 cm³/mol. The van der Waals surface area contributed by atoms with Crippen molar-refractivity contribution in [1.82, 2.24) is 0 Å². The van der Waals surface area contributed by atoms with Crippen molar-refractivity contribution in [3.63, 3.8) is 0 Å². The number of nitrogens with zero attached hydrogens (tertiary/aromatic N) is 1. The van der Waals surface area contributed by atoms with E-state index in [0.717, 1.165) is 0 Å². The SMILES string of the molecule is C=NNc1ccccc1C(=O)OCC. The molecule has 4 nitrogen and oxygen atoms in total. The summed E-state index contributed by atoms with van der Waals surface area (Å²) >= 11 is 0. The Morgan fingerprint density at radius 2 is 2.29 bits per heavy atom. The molecule has 0 unspecified atom stereocenters. The standard InChI is InChI=1S/C10H12N2O2/c1-3-14-10(13)8-6-4-5-7-9(8)12-11-2/h4-7,12H,2-3H2,1H3. The summed E-state index contributed by atoms with van der Waals surface area (Å²) in [6, 6.07) is 6.98. The van der Waals surface area contributed by atoms with E-state index < -0.39 is 0 Å². The Morgan fingerprint density at radius 1 is 1.57 bits per heavy atom. The Hall–Kier alpha value is -1.84. The van der Waals surface area contributed by atoms with Gasteiger partial charge in [0.05, 0.1) is 17.9 Å². The van der Waals surface area contributed by atoms with E-state index in [2.05, 4.69) is 17.2 Å². The zero-order valence-corrected chi connectivity index (χ0v) is 7.99. The maximum atomic E-state index is 11.4. The fourth-order valence-electron chi connectivity index (χ4n) is 1.05. The van der Waals surface area contributed by atoms with Crippen molar-refractivity contribution in [3.05, 3.63) is 29.8 Å². The quantitative estimate of drug-likeness (QED) is 0.450. The van der Waals surface area contributed by atoms with E-state index in [1.54, 1.807) is 31.2 Å². The topological polar surface area (TPSA) is 50.7 Å². The van der Waals surface area contributed by atoms with E-state index in [1.165, 1.54) is 0 Å². The largest absolute Gasteiger partial charge is 0.462 e. The highest BCUT2D eigenvalue weighted by Crippen LogP contribution is 2.15. The van der Waals surface area contributed by atoms with Gasteiger partial charge in [-0.2, -0.15) is 5.10 Å². The Kier molecular flexibility index (Phi) is 3.67. The van der Waals surface area contributed by atoms with E-state index in [4.69, 9.17) is 4.74 Å². The number of ether oxygens (including phenoxy) is 1. The summed E-state index contributed by atoms with van der Waals surface area (Å²) < 4.78 is 4.87. The van der Waals surface area contributed by atoms with Crippen LogP contribution >= 0.6 is 0 Å². The van der Waals surface area contributed by atoms with Crippen molar-refractivity contribution in [2.24, 2.45) is 5.10 Å². The molecule has 0 aliphatic heterocycles. The molecule has 0 heterocycles. The van der Waals surface area contributed by atoms with Gasteiger partial charge in [-0.3, -0.25) is 5.43 Å². The van der Waals surface area contributed by atoms with Gasteiger partial charge in [-0.1, -0.05) is 12.1 Å². The summed E-state index contributed by atoms with van der Waals surface area (Å²) in [6.45, 7) is 5.41. The highest BCUT2D eigenvalue weighted by Gasteiger charge is 2.10. The van der Waals surface area contributed by atoms with Crippen molar-refractivity contribution < 1.29 is 9.53 Å². The van der Waals surface area contributed by atoms with Crippen LogP contribution in [0.25, 0.3) is 0 Å². The number of hydrazone groups is 1. The van der Waals surface area contributed by atoms with Gasteiger partial charge in [0.25, 0.3) is 0 Å². The molecule has 1 N–H and O–H groups in total. The van der Waals surface area contributed by atoms with E-state index in [0.29, 0.717) is 17.9 Å². The van der Waals surface area contributed by atoms with Gasteiger partial charge in [-0.25, -0.2) is 4.79 Å². The average Bonchev–Trinajstić information content (AvgIpc) is 2.19. The molecule has 0 atom stereocenters. The van der Waals surface area contributed by atoms with Crippen LogP contribution in [0.15, 0.2) is 29.4 Å².